The van der Waals surface area contributed by atoms with Gasteiger partial charge in [-0.1, -0.05) is 29.8 Å². The normalized spacial score (nSPS) is 9.00. The molecule has 0 bridgehead atoms. The van der Waals surface area contributed by atoms with Crippen molar-refractivity contribution in [1.82, 2.24) is 5.41 Å². The largest absolute Gasteiger partial charge is 0.159 e. The van der Waals surface area contributed by atoms with Crippen LogP contribution >= 0.6 is 0 Å². The summed E-state index contributed by atoms with van der Waals surface area (Å²) in [6.45, 7) is 2.02. The van der Waals surface area contributed by atoms with Crippen LogP contribution in [0.1, 0.15) is 11.1 Å². The van der Waals surface area contributed by atoms with Gasteiger partial charge in [0.2, 0.25) is 0 Å². The highest BCUT2D eigenvalue weighted by Gasteiger charge is 1.83. The van der Waals surface area contributed by atoms with Gasteiger partial charge in [0.1, 0.15) is 0 Å². The number of hydrogen-bond acceptors (Lipinski definition) is 0. The molecule has 1 rings (SSSR count). The minimum Gasteiger partial charge on any atom is -0.159 e. The van der Waals surface area contributed by atoms with Crippen molar-refractivity contribution in [1.29, 1.82) is 0 Å². The summed E-state index contributed by atoms with van der Waals surface area (Å²) in [5, 5.41) is 8.50. The molecule has 0 amide bonds. The number of hydrogen-bond donors (Lipinski definition) is 0. The average molecular weight is 118 g/mol. The molecule has 0 N–H and O–H groups in total. The summed E-state index contributed by atoms with van der Waals surface area (Å²) in [4.78, 5) is 0. The lowest BCUT2D eigenvalue weighted by molar-refractivity contribution is 1.47. The van der Waals surface area contributed by atoms with Gasteiger partial charge in [-0.3, -0.25) is 0 Å². The van der Waals surface area contributed by atoms with Crippen molar-refractivity contribution in [3.8, 4) is 0 Å². The molecule has 0 heterocycles. The van der Waals surface area contributed by atoms with E-state index in [0.29, 0.717) is 0 Å². The SMILES string of the molecule is Cc1ccc(C=[N])cc1. The zero-order valence-corrected chi connectivity index (χ0v) is 5.33. The van der Waals surface area contributed by atoms with Crippen LogP contribution in [0.5, 0.6) is 0 Å². The van der Waals surface area contributed by atoms with Crippen LogP contribution in [0.4, 0.5) is 0 Å². The highest BCUT2D eigenvalue weighted by Crippen LogP contribution is 1.98. The smallest absolute Gasteiger partial charge is 0.0568 e. The number of rotatable bonds is 1. The highest BCUT2D eigenvalue weighted by molar-refractivity contribution is 5.77. The van der Waals surface area contributed by atoms with Gasteiger partial charge in [0, 0.05) is 0 Å². The molecular weight excluding hydrogens is 110 g/mol. The first-order valence-corrected chi connectivity index (χ1v) is 2.87. The van der Waals surface area contributed by atoms with E-state index in [1.807, 2.05) is 31.2 Å². The zero-order valence-electron chi connectivity index (χ0n) is 5.33. The Morgan fingerprint density at radius 2 is 1.78 bits per heavy atom. The van der Waals surface area contributed by atoms with Crippen molar-refractivity contribution in [2.75, 3.05) is 0 Å². The van der Waals surface area contributed by atoms with Gasteiger partial charge in [-0.05, 0) is 12.5 Å². The fraction of sp³-hybridized carbons (Fsp3) is 0.125. The standard InChI is InChI=1S/C8H8N/c1-7-2-4-8(6-9)5-3-7/h2-6H,1H3. The van der Waals surface area contributed by atoms with Crippen LogP contribution in [0.25, 0.3) is 0 Å². The Labute approximate surface area is 54.8 Å². The van der Waals surface area contributed by atoms with Gasteiger partial charge in [0.05, 0.1) is 6.21 Å². The van der Waals surface area contributed by atoms with E-state index in [1.165, 1.54) is 5.56 Å². The Bertz CT molecular complexity index is 198. The van der Waals surface area contributed by atoms with Crippen LogP contribution in [0, 0.1) is 6.92 Å². The molecule has 9 heavy (non-hydrogen) atoms. The van der Waals surface area contributed by atoms with E-state index >= 15 is 0 Å². The first-order chi connectivity index (χ1) is 4.33. The van der Waals surface area contributed by atoms with Gasteiger partial charge in [-0.2, -0.15) is 5.41 Å². The number of nitrogens with zero attached hydrogens (tertiary/aromatic N) is 1. The molecule has 0 spiro atoms. The molecule has 0 aliphatic rings. The molecule has 0 atom stereocenters. The third-order valence-electron chi connectivity index (χ3n) is 1.23. The third kappa shape index (κ3) is 1.39. The van der Waals surface area contributed by atoms with Crippen molar-refractivity contribution >= 4 is 6.21 Å². The molecule has 0 saturated carbocycles. The zero-order chi connectivity index (χ0) is 6.69. The highest BCUT2D eigenvalue weighted by atomic mass is 14.3. The number of aryl methyl sites for hydroxylation is 1. The first-order valence-electron chi connectivity index (χ1n) is 2.87. The molecule has 1 aromatic rings. The molecule has 1 radical (unpaired) electrons. The van der Waals surface area contributed by atoms with Crippen molar-refractivity contribution in [2.45, 2.75) is 6.92 Å². The van der Waals surface area contributed by atoms with Crippen LogP contribution in [-0.2, 0) is 0 Å². The van der Waals surface area contributed by atoms with E-state index in [1.54, 1.807) is 0 Å². The van der Waals surface area contributed by atoms with Crippen LogP contribution in [-0.4, -0.2) is 6.21 Å². The molecule has 45 valence electrons. The van der Waals surface area contributed by atoms with E-state index in [4.69, 9.17) is 5.41 Å². The second-order valence-corrected chi connectivity index (χ2v) is 2.04. The Kier molecular flexibility index (Phi) is 1.63. The third-order valence-corrected chi connectivity index (χ3v) is 1.23. The van der Waals surface area contributed by atoms with Gasteiger partial charge in [0.15, 0.2) is 0 Å². The van der Waals surface area contributed by atoms with Crippen LogP contribution in [0.15, 0.2) is 24.3 Å². The molecule has 0 aliphatic heterocycles. The quantitative estimate of drug-likeness (QED) is 0.495. The molecule has 1 nitrogen and oxygen atoms in total. The summed E-state index contributed by atoms with van der Waals surface area (Å²) >= 11 is 0. The van der Waals surface area contributed by atoms with Crippen LogP contribution < -0.4 is 5.41 Å². The summed E-state index contributed by atoms with van der Waals surface area (Å²) in [5.41, 5.74) is 2.06. The molecule has 0 saturated heterocycles. The van der Waals surface area contributed by atoms with Crippen molar-refractivity contribution < 1.29 is 0 Å². The summed E-state index contributed by atoms with van der Waals surface area (Å²) in [6.07, 6.45) is 1.10. The Morgan fingerprint density at radius 1 is 1.22 bits per heavy atom. The molecule has 0 fully saturated rings. The van der Waals surface area contributed by atoms with Gasteiger partial charge >= 0.3 is 0 Å². The van der Waals surface area contributed by atoms with Crippen molar-refractivity contribution in [3.05, 3.63) is 35.4 Å². The van der Waals surface area contributed by atoms with Crippen LogP contribution in [0.3, 0.4) is 0 Å². The fourth-order valence-electron chi connectivity index (χ4n) is 0.653. The summed E-state index contributed by atoms with van der Waals surface area (Å²) < 4.78 is 0. The van der Waals surface area contributed by atoms with E-state index in [-0.39, 0.29) is 0 Å². The number of benzene rings is 1. The molecule has 0 aliphatic carbocycles. The van der Waals surface area contributed by atoms with Crippen molar-refractivity contribution in [3.63, 3.8) is 0 Å². The van der Waals surface area contributed by atoms with E-state index < -0.39 is 0 Å². The summed E-state index contributed by atoms with van der Waals surface area (Å²) in [7, 11) is 0. The summed E-state index contributed by atoms with van der Waals surface area (Å²) in [5.74, 6) is 0. The maximum atomic E-state index is 8.50. The Balaban J connectivity index is 3.01. The van der Waals surface area contributed by atoms with Gasteiger partial charge in [-0.25, -0.2) is 0 Å². The second-order valence-electron chi connectivity index (χ2n) is 2.04. The van der Waals surface area contributed by atoms with Gasteiger partial charge in [0.25, 0.3) is 0 Å². The van der Waals surface area contributed by atoms with E-state index in [0.717, 1.165) is 11.8 Å². The Morgan fingerprint density at radius 3 is 2.22 bits per heavy atom. The lowest BCUT2D eigenvalue weighted by Crippen LogP contribution is -1.79. The molecule has 1 aromatic carbocycles. The lowest BCUT2D eigenvalue weighted by atomic mass is 10.2. The monoisotopic (exact) mass is 118 g/mol. The summed E-state index contributed by atoms with van der Waals surface area (Å²) in [6, 6.07) is 7.66. The molecule has 0 aromatic heterocycles. The van der Waals surface area contributed by atoms with Crippen LogP contribution in [0.2, 0.25) is 0 Å². The Hall–Kier alpha value is -1.11. The second kappa shape index (κ2) is 2.44. The predicted octanol–water partition coefficient (Wildman–Crippen LogP) is 1.21. The molecule has 0 unspecified atom stereocenters. The maximum Gasteiger partial charge on any atom is 0.0568 e. The van der Waals surface area contributed by atoms with Gasteiger partial charge in [-0.15, -0.1) is 0 Å². The van der Waals surface area contributed by atoms with Gasteiger partial charge < -0.3 is 0 Å². The van der Waals surface area contributed by atoms with Crippen molar-refractivity contribution in [2.24, 2.45) is 0 Å². The fourth-order valence-corrected chi connectivity index (χ4v) is 0.653. The maximum absolute atomic E-state index is 8.50. The minimum atomic E-state index is 0.848. The van der Waals surface area contributed by atoms with E-state index in [2.05, 4.69) is 0 Å². The molecular formula is C8H8N. The average Bonchev–Trinajstić information content (AvgIpc) is 1.90. The first kappa shape index (κ1) is 6.02. The lowest BCUT2D eigenvalue weighted by Gasteiger charge is -1.90. The predicted molar refractivity (Wildman–Crippen MR) is 38.5 cm³/mol. The van der Waals surface area contributed by atoms with E-state index in [9.17, 15) is 0 Å². The molecule has 1 heteroatoms. The topological polar surface area (TPSA) is 22.3 Å². The minimum absolute atomic E-state index is 0.848.